The Labute approximate surface area is 68.0 Å². The van der Waals surface area contributed by atoms with E-state index < -0.39 is 16.6 Å². The van der Waals surface area contributed by atoms with Gasteiger partial charge in [0.1, 0.15) is 0 Å². The van der Waals surface area contributed by atoms with Crippen molar-refractivity contribution in [2.45, 2.75) is 5.51 Å². The number of hydrogen-bond donors (Lipinski definition) is 1. The van der Waals surface area contributed by atoms with Crippen LogP contribution in [0, 0.1) is 0 Å². The smallest absolute Gasteiger partial charge is 0.299 e. The zero-order valence-electron chi connectivity index (χ0n) is 3.90. The molecule has 0 saturated heterocycles. The summed E-state index contributed by atoms with van der Waals surface area (Å²) in [6.45, 7) is 0. The minimum Gasteiger partial charge on any atom is -0.299 e. The normalized spacial score (nSPS) is 14.5. The molecule has 1 N–H and O–H groups in total. The summed E-state index contributed by atoms with van der Waals surface area (Å²) in [5, 5.41) is 0. The summed E-state index contributed by atoms with van der Waals surface area (Å²) in [6.07, 6.45) is 0. The Hall–Kier alpha value is 0.900. The van der Waals surface area contributed by atoms with E-state index in [9.17, 15) is 13.2 Å². The van der Waals surface area contributed by atoms with E-state index in [1.54, 1.807) is 0 Å². The number of rotatable bonds is 0. The van der Waals surface area contributed by atoms with Crippen molar-refractivity contribution in [1.82, 2.24) is 0 Å². The molecule has 1 unspecified atom stereocenters. The molecule has 0 rings (SSSR count). The zero-order valence-corrected chi connectivity index (χ0v) is 6.71. The van der Waals surface area contributed by atoms with Gasteiger partial charge in [-0.1, -0.05) is 0 Å². The van der Waals surface area contributed by atoms with E-state index in [-0.39, 0.29) is 29.6 Å². The maximum Gasteiger partial charge on any atom is 1.00 e. The van der Waals surface area contributed by atoms with Crippen LogP contribution in [-0.2, 0) is 11.1 Å². The van der Waals surface area contributed by atoms with Crippen molar-refractivity contribution < 1.29 is 51.5 Å². The molecule has 0 radical (unpaired) electrons. The topological polar surface area (TPSA) is 37.3 Å². The first-order valence-electron chi connectivity index (χ1n) is 1.12. The van der Waals surface area contributed by atoms with Gasteiger partial charge in [0.2, 0.25) is 0 Å². The van der Waals surface area contributed by atoms with E-state index in [2.05, 4.69) is 0 Å². The van der Waals surface area contributed by atoms with Gasteiger partial charge in [-0.15, -0.1) is 0 Å². The van der Waals surface area contributed by atoms with Crippen LogP contribution in [0.15, 0.2) is 0 Å². The molecule has 2 nitrogen and oxygen atoms in total. The summed E-state index contributed by atoms with van der Waals surface area (Å²) in [5.41, 5.74) is -4.97. The minimum atomic E-state index is -4.97. The number of alkyl halides is 3. The second-order valence-corrected chi connectivity index (χ2v) is 1.66. The third-order valence-electron chi connectivity index (χ3n) is 0.198. The molecule has 0 heterocycles. The molecule has 0 spiro atoms. The van der Waals surface area contributed by atoms with Crippen LogP contribution in [0.2, 0.25) is 0 Å². The van der Waals surface area contributed by atoms with Gasteiger partial charge in [0.15, 0.2) is 0 Å². The van der Waals surface area contributed by atoms with Gasteiger partial charge in [-0.25, -0.2) is 4.21 Å². The molecule has 44 valence electrons. The van der Waals surface area contributed by atoms with E-state index in [0.717, 1.165) is 0 Å². The second-order valence-electron chi connectivity index (χ2n) is 0.695. The third-order valence-corrected chi connectivity index (χ3v) is 0.594. The fraction of sp³-hybridized carbons (Fsp3) is 1.00. The van der Waals surface area contributed by atoms with E-state index >= 15 is 0 Å². The van der Waals surface area contributed by atoms with Crippen LogP contribution in [0.3, 0.4) is 0 Å². The Morgan fingerprint density at radius 1 is 1.38 bits per heavy atom. The molecule has 0 aromatic carbocycles. The standard InChI is InChI=1S/CHF3O2S.Na/c2-1(3,4)7(5)6;/h(H,5,6);/q;+1. The second kappa shape index (κ2) is 3.84. The first-order chi connectivity index (χ1) is 2.94. The van der Waals surface area contributed by atoms with Crippen LogP contribution in [0.5, 0.6) is 0 Å². The van der Waals surface area contributed by atoms with Gasteiger partial charge in [0.05, 0.1) is 0 Å². The van der Waals surface area contributed by atoms with E-state index in [4.69, 9.17) is 8.76 Å². The van der Waals surface area contributed by atoms with Gasteiger partial charge in [0.25, 0.3) is 11.1 Å². The Bertz CT molecular complexity index is 89.8. The fourth-order valence-corrected chi connectivity index (χ4v) is 0. The molecule has 0 fully saturated rings. The monoisotopic (exact) mass is 157 g/mol. The largest absolute Gasteiger partial charge is 1.00 e. The zero-order chi connectivity index (χ0) is 6.08. The molecule has 7 heteroatoms. The molecule has 0 saturated carbocycles. The van der Waals surface area contributed by atoms with E-state index in [1.165, 1.54) is 0 Å². The van der Waals surface area contributed by atoms with Crippen molar-refractivity contribution >= 4 is 11.1 Å². The summed E-state index contributed by atoms with van der Waals surface area (Å²) >= 11 is -3.68. The van der Waals surface area contributed by atoms with Crippen molar-refractivity contribution in [1.29, 1.82) is 0 Å². The molecule has 0 aliphatic rings. The van der Waals surface area contributed by atoms with Crippen molar-refractivity contribution in [3.63, 3.8) is 0 Å². The summed E-state index contributed by atoms with van der Waals surface area (Å²) in [5.74, 6) is 0. The Balaban J connectivity index is 0. The Morgan fingerprint density at radius 2 is 1.50 bits per heavy atom. The van der Waals surface area contributed by atoms with Crippen molar-refractivity contribution in [3.8, 4) is 0 Å². The van der Waals surface area contributed by atoms with Crippen molar-refractivity contribution in [2.24, 2.45) is 0 Å². The van der Waals surface area contributed by atoms with Gasteiger partial charge in [-0.05, 0) is 0 Å². The maximum absolute atomic E-state index is 10.6. The van der Waals surface area contributed by atoms with E-state index in [0.29, 0.717) is 0 Å². The SMILES string of the molecule is O=S(O)C(F)(F)F.[Na+]. The maximum atomic E-state index is 10.6. The van der Waals surface area contributed by atoms with Crippen LogP contribution in [-0.4, -0.2) is 14.3 Å². The molecule has 0 aliphatic carbocycles. The minimum absolute atomic E-state index is 0. The molecule has 0 aliphatic heterocycles. The van der Waals surface area contributed by atoms with Gasteiger partial charge >= 0.3 is 35.1 Å². The number of hydrogen-bond acceptors (Lipinski definition) is 1. The molecular weight excluding hydrogens is 156 g/mol. The Morgan fingerprint density at radius 3 is 1.50 bits per heavy atom. The van der Waals surface area contributed by atoms with Crippen molar-refractivity contribution in [3.05, 3.63) is 0 Å². The molecule has 8 heavy (non-hydrogen) atoms. The van der Waals surface area contributed by atoms with Crippen LogP contribution in [0.4, 0.5) is 13.2 Å². The average molecular weight is 157 g/mol. The summed E-state index contributed by atoms with van der Waals surface area (Å²) in [7, 11) is 0. The molecule has 0 amide bonds. The molecule has 0 aromatic rings. The predicted molar refractivity (Wildman–Crippen MR) is 16.8 cm³/mol. The third kappa shape index (κ3) is 5.04. The van der Waals surface area contributed by atoms with Crippen LogP contribution in [0.25, 0.3) is 0 Å². The van der Waals surface area contributed by atoms with Crippen LogP contribution >= 0.6 is 0 Å². The summed E-state index contributed by atoms with van der Waals surface area (Å²) in [4.78, 5) is 0. The van der Waals surface area contributed by atoms with E-state index in [1.807, 2.05) is 0 Å². The molecule has 0 aromatic heterocycles. The summed E-state index contributed by atoms with van der Waals surface area (Å²) < 4.78 is 48.1. The molecule has 0 bridgehead atoms. The quantitative estimate of drug-likeness (QED) is 0.318. The first-order valence-corrected chi connectivity index (χ1v) is 2.23. The average Bonchev–Trinajstić information content (AvgIpc) is 1.31. The predicted octanol–water partition coefficient (Wildman–Crippen LogP) is -2.27. The first kappa shape index (κ1) is 11.7. The van der Waals surface area contributed by atoms with Gasteiger partial charge in [-0.2, -0.15) is 13.2 Å². The molecular formula is CHF3NaO2S+. The molecule has 1 atom stereocenters. The van der Waals surface area contributed by atoms with Gasteiger partial charge in [0, 0.05) is 0 Å². The van der Waals surface area contributed by atoms with Crippen molar-refractivity contribution in [2.75, 3.05) is 0 Å². The van der Waals surface area contributed by atoms with Crippen LogP contribution in [0.1, 0.15) is 0 Å². The van der Waals surface area contributed by atoms with Crippen LogP contribution < -0.4 is 29.6 Å². The Kier molecular flexibility index (Phi) is 5.60. The van der Waals surface area contributed by atoms with Gasteiger partial charge < -0.3 is 0 Å². The summed E-state index contributed by atoms with van der Waals surface area (Å²) in [6, 6.07) is 0. The fourth-order valence-electron chi connectivity index (χ4n) is 0. The number of halogens is 3. The van der Waals surface area contributed by atoms with Gasteiger partial charge in [-0.3, -0.25) is 4.55 Å².